The fourth-order valence-corrected chi connectivity index (χ4v) is 2.24. The number of piperidine rings is 1. The Kier molecular flexibility index (Phi) is 3.91. The van der Waals surface area contributed by atoms with Crippen LogP contribution >= 0.6 is 0 Å². The van der Waals surface area contributed by atoms with Crippen LogP contribution in [-0.4, -0.2) is 17.7 Å². The van der Waals surface area contributed by atoms with Gasteiger partial charge < -0.3 is 10.4 Å². The number of hydrogen-bond donors (Lipinski definition) is 2. The average molecular weight is 223 g/mol. The molecule has 1 aromatic carbocycles. The molecule has 0 aliphatic carbocycles. The summed E-state index contributed by atoms with van der Waals surface area (Å²) in [5.74, 6) is -0.284. The van der Waals surface area contributed by atoms with Gasteiger partial charge in [0, 0.05) is 6.04 Å². The van der Waals surface area contributed by atoms with Gasteiger partial charge in [-0.25, -0.2) is 4.39 Å². The molecule has 0 bridgehead atoms. The molecule has 1 saturated heterocycles. The van der Waals surface area contributed by atoms with Crippen molar-refractivity contribution in [2.24, 2.45) is 0 Å². The first-order chi connectivity index (χ1) is 7.75. The first kappa shape index (κ1) is 11.6. The average Bonchev–Trinajstić information content (AvgIpc) is 2.30. The SMILES string of the molecule is OC(CC1CCCCN1)c1cccc(F)c1. The van der Waals surface area contributed by atoms with Crippen molar-refractivity contribution in [2.75, 3.05) is 6.54 Å². The highest BCUT2D eigenvalue weighted by Gasteiger charge is 2.18. The van der Waals surface area contributed by atoms with Crippen LogP contribution in [0, 0.1) is 5.82 Å². The molecule has 0 amide bonds. The summed E-state index contributed by atoms with van der Waals surface area (Å²) in [4.78, 5) is 0. The van der Waals surface area contributed by atoms with E-state index in [1.165, 1.54) is 25.0 Å². The molecular weight excluding hydrogens is 205 g/mol. The van der Waals surface area contributed by atoms with E-state index in [0.717, 1.165) is 13.0 Å². The predicted molar refractivity (Wildman–Crippen MR) is 61.6 cm³/mol. The maximum atomic E-state index is 13.0. The van der Waals surface area contributed by atoms with Crippen molar-refractivity contribution >= 4 is 0 Å². The fraction of sp³-hybridized carbons (Fsp3) is 0.538. The van der Waals surface area contributed by atoms with Crippen molar-refractivity contribution in [1.82, 2.24) is 5.32 Å². The molecule has 2 rings (SSSR count). The van der Waals surface area contributed by atoms with Crippen molar-refractivity contribution in [2.45, 2.75) is 37.8 Å². The zero-order valence-electron chi connectivity index (χ0n) is 9.32. The van der Waals surface area contributed by atoms with Crippen LogP contribution in [-0.2, 0) is 0 Å². The van der Waals surface area contributed by atoms with Crippen LogP contribution < -0.4 is 5.32 Å². The Morgan fingerprint density at radius 2 is 2.31 bits per heavy atom. The third kappa shape index (κ3) is 3.03. The van der Waals surface area contributed by atoms with E-state index in [4.69, 9.17) is 0 Å². The monoisotopic (exact) mass is 223 g/mol. The summed E-state index contributed by atoms with van der Waals surface area (Å²) in [6, 6.07) is 6.59. The Labute approximate surface area is 95.5 Å². The van der Waals surface area contributed by atoms with Crippen LogP contribution in [0.3, 0.4) is 0 Å². The molecule has 88 valence electrons. The molecule has 1 heterocycles. The first-order valence-corrected chi connectivity index (χ1v) is 5.92. The highest BCUT2D eigenvalue weighted by Crippen LogP contribution is 2.22. The fourth-order valence-electron chi connectivity index (χ4n) is 2.24. The number of aliphatic hydroxyl groups is 1. The summed E-state index contributed by atoms with van der Waals surface area (Å²) < 4.78 is 13.0. The molecule has 0 radical (unpaired) electrons. The maximum Gasteiger partial charge on any atom is 0.123 e. The smallest absolute Gasteiger partial charge is 0.123 e. The van der Waals surface area contributed by atoms with Crippen molar-refractivity contribution in [3.05, 3.63) is 35.6 Å². The second-order valence-corrected chi connectivity index (χ2v) is 4.45. The highest BCUT2D eigenvalue weighted by molar-refractivity contribution is 5.18. The molecule has 0 spiro atoms. The highest BCUT2D eigenvalue weighted by atomic mass is 19.1. The Balaban J connectivity index is 1.94. The van der Waals surface area contributed by atoms with Gasteiger partial charge in [-0.05, 0) is 43.5 Å². The molecule has 1 aliphatic rings. The van der Waals surface area contributed by atoms with Gasteiger partial charge in [-0.15, -0.1) is 0 Å². The second kappa shape index (κ2) is 5.41. The quantitative estimate of drug-likeness (QED) is 0.824. The molecule has 1 aliphatic heterocycles. The normalized spacial score (nSPS) is 23.0. The number of benzene rings is 1. The van der Waals surface area contributed by atoms with Crippen molar-refractivity contribution in [3.63, 3.8) is 0 Å². The number of rotatable bonds is 3. The summed E-state index contributed by atoms with van der Waals surface area (Å²) in [6.45, 7) is 1.03. The summed E-state index contributed by atoms with van der Waals surface area (Å²) in [6.07, 6.45) is 3.64. The van der Waals surface area contributed by atoms with Crippen LogP contribution in [0.5, 0.6) is 0 Å². The van der Waals surface area contributed by atoms with Gasteiger partial charge in [0.2, 0.25) is 0 Å². The minimum absolute atomic E-state index is 0.284. The molecule has 1 fully saturated rings. The van der Waals surface area contributed by atoms with Gasteiger partial charge in [0.05, 0.1) is 6.10 Å². The zero-order chi connectivity index (χ0) is 11.4. The van der Waals surface area contributed by atoms with Gasteiger partial charge in [-0.1, -0.05) is 18.6 Å². The lowest BCUT2D eigenvalue weighted by atomic mass is 9.96. The number of aliphatic hydroxyl groups excluding tert-OH is 1. The third-order valence-corrected chi connectivity index (χ3v) is 3.15. The van der Waals surface area contributed by atoms with Gasteiger partial charge in [-0.2, -0.15) is 0 Å². The van der Waals surface area contributed by atoms with Crippen LogP contribution in [0.25, 0.3) is 0 Å². The lowest BCUT2D eigenvalue weighted by molar-refractivity contribution is 0.144. The minimum Gasteiger partial charge on any atom is -0.388 e. The number of hydrogen-bond acceptors (Lipinski definition) is 2. The van der Waals surface area contributed by atoms with E-state index in [9.17, 15) is 9.50 Å². The Hall–Kier alpha value is -0.930. The Bertz CT molecular complexity index is 336. The standard InChI is InChI=1S/C13H18FNO/c14-11-5-3-4-10(8-11)13(16)9-12-6-1-2-7-15-12/h3-5,8,12-13,15-16H,1-2,6-7,9H2. The Morgan fingerprint density at radius 3 is 3.00 bits per heavy atom. The maximum absolute atomic E-state index is 13.0. The number of halogens is 1. The van der Waals surface area contributed by atoms with Gasteiger partial charge in [0.25, 0.3) is 0 Å². The summed E-state index contributed by atoms with van der Waals surface area (Å²) in [5.41, 5.74) is 0.673. The van der Waals surface area contributed by atoms with Crippen molar-refractivity contribution in [1.29, 1.82) is 0 Å². The Morgan fingerprint density at radius 1 is 1.44 bits per heavy atom. The molecular formula is C13H18FNO. The molecule has 2 unspecified atom stereocenters. The van der Waals surface area contributed by atoms with Crippen LogP contribution in [0.1, 0.15) is 37.4 Å². The van der Waals surface area contributed by atoms with Crippen LogP contribution in [0.15, 0.2) is 24.3 Å². The topological polar surface area (TPSA) is 32.3 Å². The summed E-state index contributed by atoms with van der Waals surface area (Å²) in [7, 11) is 0. The lowest BCUT2D eigenvalue weighted by Crippen LogP contribution is -2.35. The van der Waals surface area contributed by atoms with E-state index >= 15 is 0 Å². The lowest BCUT2D eigenvalue weighted by Gasteiger charge is -2.25. The zero-order valence-corrected chi connectivity index (χ0v) is 9.32. The van der Waals surface area contributed by atoms with Crippen molar-refractivity contribution < 1.29 is 9.50 Å². The van der Waals surface area contributed by atoms with Gasteiger partial charge >= 0.3 is 0 Å². The molecule has 2 atom stereocenters. The van der Waals surface area contributed by atoms with E-state index in [-0.39, 0.29) is 5.82 Å². The second-order valence-electron chi connectivity index (χ2n) is 4.45. The van der Waals surface area contributed by atoms with Crippen LogP contribution in [0.2, 0.25) is 0 Å². The summed E-state index contributed by atoms with van der Waals surface area (Å²) in [5, 5.41) is 13.4. The van der Waals surface area contributed by atoms with E-state index in [1.54, 1.807) is 12.1 Å². The van der Waals surface area contributed by atoms with E-state index < -0.39 is 6.10 Å². The largest absolute Gasteiger partial charge is 0.388 e. The molecule has 16 heavy (non-hydrogen) atoms. The molecule has 1 aromatic rings. The predicted octanol–water partition coefficient (Wildman–Crippen LogP) is 2.39. The van der Waals surface area contributed by atoms with E-state index in [0.29, 0.717) is 18.0 Å². The third-order valence-electron chi connectivity index (χ3n) is 3.15. The minimum atomic E-state index is -0.564. The number of nitrogens with one attached hydrogen (secondary N) is 1. The van der Waals surface area contributed by atoms with E-state index in [1.807, 2.05) is 0 Å². The van der Waals surface area contributed by atoms with Gasteiger partial charge in [-0.3, -0.25) is 0 Å². The van der Waals surface area contributed by atoms with Crippen LogP contribution in [0.4, 0.5) is 4.39 Å². The molecule has 2 N–H and O–H groups in total. The molecule has 0 aromatic heterocycles. The van der Waals surface area contributed by atoms with Gasteiger partial charge in [0.15, 0.2) is 0 Å². The molecule has 0 saturated carbocycles. The molecule has 3 heteroatoms. The van der Waals surface area contributed by atoms with Crippen molar-refractivity contribution in [3.8, 4) is 0 Å². The van der Waals surface area contributed by atoms with Gasteiger partial charge in [0.1, 0.15) is 5.82 Å². The summed E-state index contributed by atoms with van der Waals surface area (Å²) >= 11 is 0. The van der Waals surface area contributed by atoms with E-state index in [2.05, 4.69) is 5.32 Å². The molecule has 2 nitrogen and oxygen atoms in total. The first-order valence-electron chi connectivity index (χ1n) is 5.92.